The van der Waals surface area contributed by atoms with E-state index in [4.69, 9.17) is 4.74 Å². The Hall–Kier alpha value is -4.19. The Balaban J connectivity index is 1.40. The minimum atomic E-state index is -1.70. The van der Waals surface area contributed by atoms with Gasteiger partial charge in [-0.05, 0) is 30.3 Å². The summed E-state index contributed by atoms with van der Waals surface area (Å²) in [5.74, 6) is -1.17. The number of aliphatic hydroxyl groups is 1. The topological polar surface area (TPSA) is 120 Å². The monoisotopic (exact) mass is 483 g/mol. The largest absolute Gasteiger partial charge is 0.487 e. The highest BCUT2D eigenvalue weighted by molar-refractivity contribution is 5.88. The van der Waals surface area contributed by atoms with Crippen molar-refractivity contribution in [3.63, 3.8) is 0 Å². The lowest BCUT2D eigenvalue weighted by Crippen LogP contribution is -2.34. The zero-order valence-electron chi connectivity index (χ0n) is 18.8. The van der Waals surface area contributed by atoms with Crippen LogP contribution in [-0.4, -0.2) is 40.8 Å². The standard InChI is InChI=1S/C23H23F2N7O3/c1-16(33)28-18-3-5-20(6-4-18)35-12-19-11-31(30-29-19)9-8-23(34,13-32-15-26-14-27-32)21-7-2-17(24)10-22(21)25/h2-7,10-11,14-15,34H,8-9,12-13H2,1H3,(H,28,33). The molecule has 1 amide bonds. The average molecular weight is 483 g/mol. The van der Waals surface area contributed by atoms with Crippen LogP contribution in [0.4, 0.5) is 14.5 Å². The maximum atomic E-state index is 14.5. The first kappa shape index (κ1) is 24.0. The number of carbonyl (C=O) groups is 1. The zero-order chi connectivity index (χ0) is 24.8. The van der Waals surface area contributed by atoms with Crippen LogP contribution in [0.3, 0.4) is 0 Å². The number of halogens is 2. The van der Waals surface area contributed by atoms with Crippen molar-refractivity contribution in [1.82, 2.24) is 29.8 Å². The number of hydrogen-bond donors (Lipinski definition) is 2. The van der Waals surface area contributed by atoms with Crippen molar-refractivity contribution >= 4 is 11.6 Å². The Morgan fingerprint density at radius 2 is 1.97 bits per heavy atom. The van der Waals surface area contributed by atoms with Crippen molar-refractivity contribution in [3.05, 3.63) is 84.2 Å². The van der Waals surface area contributed by atoms with E-state index in [-0.39, 0.29) is 37.6 Å². The van der Waals surface area contributed by atoms with Gasteiger partial charge in [0.1, 0.15) is 47.9 Å². The van der Waals surface area contributed by atoms with Gasteiger partial charge >= 0.3 is 0 Å². The quantitative estimate of drug-likeness (QED) is 0.356. The van der Waals surface area contributed by atoms with Crippen LogP contribution >= 0.6 is 0 Å². The molecule has 0 spiro atoms. The number of benzene rings is 2. The van der Waals surface area contributed by atoms with Crippen LogP contribution in [0.2, 0.25) is 0 Å². The summed E-state index contributed by atoms with van der Waals surface area (Å²) >= 11 is 0. The highest BCUT2D eigenvalue weighted by Crippen LogP contribution is 2.30. The Morgan fingerprint density at radius 1 is 1.17 bits per heavy atom. The summed E-state index contributed by atoms with van der Waals surface area (Å²) in [6.07, 6.45) is 4.41. The summed E-state index contributed by atoms with van der Waals surface area (Å²) < 4.78 is 36.5. The summed E-state index contributed by atoms with van der Waals surface area (Å²) in [5, 5.41) is 26.1. The second-order valence-corrected chi connectivity index (χ2v) is 7.97. The minimum absolute atomic E-state index is 0.0453. The van der Waals surface area contributed by atoms with E-state index in [1.807, 2.05) is 0 Å². The minimum Gasteiger partial charge on any atom is -0.487 e. The number of amides is 1. The zero-order valence-corrected chi connectivity index (χ0v) is 18.8. The molecule has 0 bridgehead atoms. The van der Waals surface area contributed by atoms with Gasteiger partial charge in [0.15, 0.2) is 0 Å². The van der Waals surface area contributed by atoms with Crippen LogP contribution in [0, 0.1) is 11.6 Å². The van der Waals surface area contributed by atoms with Crippen molar-refractivity contribution in [3.8, 4) is 5.75 Å². The molecule has 2 N–H and O–H groups in total. The summed E-state index contributed by atoms with van der Waals surface area (Å²) in [6, 6.07) is 9.93. The molecule has 0 radical (unpaired) electrons. The van der Waals surface area contributed by atoms with Gasteiger partial charge in [0, 0.05) is 37.2 Å². The number of aromatic nitrogens is 6. The van der Waals surface area contributed by atoms with Crippen molar-refractivity contribution in [2.75, 3.05) is 5.32 Å². The van der Waals surface area contributed by atoms with Gasteiger partial charge in [-0.2, -0.15) is 5.10 Å². The van der Waals surface area contributed by atoms with Crippen LogP contribution in [-0.2, 0) is 30.1 Å². The number of aryl methyl sites for hydroxylation is 1. The normalized spacial score (nSPS) is 12.8. The fourth-order valence-electron chi connectivity index (χ4n) is 3.56. The van der Waals surface area contributed by atoms with Crippen molar-refractivity contribution < 1.29 is 23.4 Å². The number of hydrogen-bond acceptors (Lipinski definition) is 7. The second-order valence-electron chi connectivity index (χ2n) is 7.97. The Bertz CT molecular complexity index is 1280. The van der Waals surface area contributed by atoms with E-state index in [0.29, 0.717) is 17.1 Å². The van der Waals surface area contributed by atoms with Gasteiger partial charge in [-0.15, -0.1) is 5.10 Å². The lowest BCUT2D eigenvalue weighted by atomic mass is 9.89. The first-order valence-corrected chi connectivity index (χ1v) is 10.7. The maximum absolute atomic E-state index is 14.5. The van der Waals surface area contributed by atoms with Crippen LogP contribution in [0.15, 0.2) is 61.3 Å². The molecule has 0 saturated heterocycles. The van der Waals surface area contributed by atoms with Gasteiger partial charge in [0.25, 0.3) is 0 Å². The van der Waals surface area contributed by atoms with Crippen LogP contribution < -0.4 is 10.1 Å². The number of ether oxygens (including phenoxy) is 1. The lowest BCUT2D eigenvalue weighted by Gasteiger charge is -2.29. The molecular formula is C23H23F2N7O3. The fourth-order valence-corrected chi connectivity index (χ4v) is 3.56. The van der Waals surface area contributed by atoms with E-state index in [1.165, 1.54) is 35.0 Å². The molecule has 12 heteroatoms. The predicted octanol–water partition coefficient (Wildman–Crippen LogP) is 2.66. The summed E-state index contributed by atoms with van der Waals surface area (Å²) in [6.45, 7) is 1.68. The van der Waals surface area contributed by atoms with Gasteiger partial charge in [0.05, 0.1) is 12.7 Å². The van der Waals surface area contributed by atoms with Gasteiger partial charge < -0.3 is 15.2 Å². The van der Waals surface area contributed by atoms with Crippen molar-refractivity contribution in [2.45, 2.75) is 38.6 Å². The molecule has 0 aliphatic rings. The van der Waals surface area contributed by atoms with Gasteiger partial charge in [-0.1, -0.05) is 11.3 Å². The third-order valence-electron chi connectivity index (χ3n) is 5.22. The maximum Gasteiger partial charge on any atom is 0.221 e. The molecule has 4 rings (SSSR count). The van der Waals surface area contributed by atoms with E-state index >= 15 is 0 Å². The van der Waals surface area contributed by atoms with Crippen LogP contribution in [0.25, 0.3) is 0 Å². The number of rotatable bonds is 10. The summed E-state index contributed by atoms with van der Waals surface area (Å²) in [7, 11) is 0. The average Bonchev–Trinajstić information content (AvgIpc) is 3.49. The third kappa shape index (κ3) is 6.23. The first-order valence-electron chi connectivity index (χ1n) is 10.7. The summed E-state index contributed by atoms with van der Waals surface area (Å²) in [4.78, 5) is 14.9. The molecule has 35 heavy (non-hydrogen) atoms. The molecule has 0 fully saturated rings. The molecule has 2 heterocycles. The lowest BCUT2D eigenvalue weighted by molar-refractivity contribution is -0.114. The molecule has 1 atom stereocenters. The third-order valence-corrected chi connectivity index (χ3v) is 5.22. The molecule has 0 aliphatic heterocycles. The van der Waals surface area contributed by atoms with E-state index < -0.39 is 17.2 Å². The molecule has 0 saturated carbocycles. The summed E-state index contributed by atoms with van der Waals surface area (Å²) in [5.41, 5.74) is -0.555. The van der Waals surface area contributed by atoms with Gasteiger partial charge in [-0.25, -0.2) is 18.4 Å². The first-order chi connectivity index (χ1) is 16.8. The van der Waals surface area contributed by atoms with E-state index in [0.717, 1.165) is 12.1 Å². The van der Waals surface area contributed by atoms with Crippen LogP contribution in [0.1, 0.15) is 24.6 Å². The highest BCUT2D eigenvalue weighted by atomic mass is 19.1. The fraction of sp³-hybridized carbons (Fsp3) is 0.261. The van der Waals surface area contributed by atoms with Crippen LogP contribution in [0.5, 0.6) is 5.75 Å². The number of nitrogens with zero attached hydrogens (tertiary/aromatic N) is 6. The Kier molecular flexibility index (Phi) is 7.11. The molecular weight excluding hydrogens is 460 g/mol. The van der Waals surface area contributed by atoms with E-state index in [1.54, 1.807) is 30.5 Å². The number of nitrogens with one attached hydrogen (secondary N) is 1. The van der Waals surface area contributed by atoms with E-state index in [2.05, 4.69) is 25.7 Å². The molecule has 0 aliphatic carbocycles. The van der Waals surface area contributed by atoms with Crippen molar-refractivity contribution in [1.29, 1.82) is 0 Å². The predicted molar refractivity (Wildman–Crippen MR) is 120 cm³/mol. The number of carbonyl (C=O) groups excluding carboxylic acids is 1. The number of anilines is 1. The second kappa shape index (κ2) is 10.4. The molecule has 10 nitrogen and oxygen atoms in total. The molecule has 1 unspecified atom stereocenters. The van der Waals surface area contributed by atoms with Gasteiger partial charge in [-0.3, -0.25) is 9.48 Å². The SMILES string of the molecule is CC(=O)Nc1ccc(OCc2cn(CCC(O)(Cn3cncn3)c3ccc(F)cc3F)nn2)cc1. The Morgan fingerprint density at radius 3 is 2.66 bits per heavy atom. The highest BCUT2D eigenvalue weighted by Gasteiger charge is 2.33. The molecule has 4 aromatic rings. The molecule has 182 valence electrons. The smallest absolute Gasteiger partial charge is 0.221 e. The Labute approximate surface area is 199 Å². The van der Waals surface area contributed by atoms with Gasteiger partial charge in [0.2, 0.25) is 5.91 Å². The van der Waals surface area contributed by atoms with Crippen molar-refractivity contribution in [2.24, 2.45) is 0 Å². The molecule has 2 aromatic heterocycles. The molecule has 2 aromatic carbocycles. The van der Waals surface area contributed by atoms with E-state index in [9.17, 15) is 18.7 Å².